The zero-order valence-electron chi connectivity index (χ0n) is 15.8. The number of rotatable bonds is 4. The van der Waals surface area contributed by atoms with E-state index in [0.29, 0.717) is 18.0 Å². The highest BCUT2D eigenvalue weighted by Gasteiger charge is 2.40. The smallest absolute Gasteiger partial charge is 0.258 e. The predicted octanol–water partition coefficient (Wildman–Crippen LogP) is 3.74. The van der Waals surface area contributed by atoms with Crippen molar-refractivity contribution in [2.75, 3.05) is 25.5 Å². The molecule has 1 saturated heterocycles. The maximum Gasteiger partial charge on any atom is 0.258 e. The van der Waals surface area contributed by atoms with E-state index in [1.165, 1.54) is 35.3 Å². The standard InChI is InChI=1S/C20H25N3O2S.ClH/c1-13-17(16-7-6-14-4-3-5-15(14)12-16)22-19(26-13)23-18(24)20(25-2)8-10-21-11-9-20;/h6-7,12,21H,3-5,8-11H2,1-2H3,(H,22,23,24);1H. The highest BCUT2D eigenvalue weighted by molar-refractivity contribution is 7.16. The van der Waals surface area contributed by atoms with Gasteiger partial charge >= 0.3 is 0 Å². The summed E-state index contributed by atoms with van der Waals surface area (Å²) in [5.74, 6) is -0.0873. The fourth-order valence-corrected chi connectivity index (χ4v) is 4.83. The summed E-state index contributed by atoms with van der Waals surface area (Å²) < 4.78 is 5.61. The number of hydrogen-bond acceptors (Lipinski definition) is 5. The van der Waals surface area contributed by atoms with Gasteiger partial charge in [0.1, 0.15) is 5.60 Å². The van der Waals surface area contributed by atoms with Gasteiger partial charge in [0.2, 0.25) is 0 Å². The van der Waals surface area contributed by atoms with Gasteiger partial charge in [0.15, 0.2) is 5.13 Å². The summed E-state index contributed by atoms with van der Waals surface area (Å²) in [6.07, 6.45) is 4.93. The third-order valence-corrected chi connectivity index (χ3v) is 6.49. The fraction of sp³-hybridized carbons (Fsp3) is 0.500. The van der Waals surface area contributed by atoms with Gasteiger partial charge in [0.05, 0.1) is 5.69 Å². The maximum absolute atomic E-state index is 12.8. The molecule has 0 atom stereocenters. The number of fused-ring (bicyclic) bond motifs is 1. The molecule has 0 bridgehead atoms. The SMILES string of the molecule is COC1(C(=O)Nc2nc(-c3ccc4c(c3)CCC4)c(C)s2)CCNCC1.Cl. The molecule has 2 aromatic rings. The molecule has 2 aliphatic rings. The Morgan fingerprint density at radius 2 is 2.00 bits per heavy atom. The number of nitrogens with one attached hydrogen (secondary N) is 2. The number of carbonyl (C=O) groups is 1. The van der Waals surface area contributed by atoms with Crippen LogP contribution < -0.4 is 10.6 Å². The first kappa shape index (κ1) is 20.3. The molecule has 146 valence electrons. The van der Waals surface area contributed by atoms with Crippen LogP contribution in [0.25, 0.3) is 11.3 Å². The molecular formula is C20H26ClN3O2S. The number of ether oxygens (including phenoxy) is 1. The van der Waals surface area contributed by atoms with E-state index in [4.69, 9.17) is 9.72 Å². The lowest BCUT2D eigenvalue weighted by molar-refractivity contribution is -0.140. The van der Waals surface area contributed by atoms with E-state index in [2.05, 4.69) is 35.8 Å². The Labute approximate surface area is 170 Å². The lowest BCUT2D eigenvalue weighted by Gasteiger charge is -2.34. The number of aryl methyl sites for hydroxylation is 3. The van der Waals surface area contributed by atoms with Crippen molar-refractivity contribution in [2.45, 2.75) is 44.6 Å². The highest BCUT2D eigenvalue weighted by atomic mass is 35.5. The van der Waals surface area contributed by atoms with Crippen LogP contribution in [0.5, 0.6) is 0 Å². The summed E-state index contributed by atoms with van der Waals surface area (Å²) in [6, 6.07) is 6.64. The number of hydrogen-bond donors (Lipinski definition) is 2. The van der Waals surface area contributed by atoms with Gasteiger partial charge in [-0.25, -0.2) is 4.98 Å². The van der Waals surface area contributed by atoms with Gasteiger partial charge in [-0.05, 0) is 69.3 Å². The Balaban J connectivity index is 0.00000210. The molecule has 0 radical (unpaired) electrons. The summed E-state index contributed by atoms with van der Waals surface area (Å²) in [4.78, 5) is 18.7. The molecule has 27 heavy (non-hydrogen) atoms. The minimum absolute atomic E-state index is 0. The number of halogens is 1. The number of methoxy groups -OCH3 is 1. The van der Waals surface area contributed by atoms with Crippen LogP contribution in [0.2, 0.25) is 0 Å². The van der Waals surface area contributed by atoms with E-state index in [1.807, 2.05) is 0 Å². The summed E-state index contributed by atoms with van der Waals surface area (Å²) in [7, 11) is 1.62. The number of nitrogens with zero attached hydrogens (tertiary/aromatic N) is 1. The Kier molecular flexibility index (Phi) is 6.21. The Morgan fingerprint density at radius 3 is 2.74 bits per heavy atom. The molecule has 0 spiro atoms. The van der Waals surface area contributed by atoms with Crippen LogP contribution in [0, 0.1) is 6.92 Å². The molecule has 4 rings (SSSR count). The van der Waals surface area contributed by atoms with E-state index < -0.39 is 5.60 Å². The first-order valence-electron chi connectivity index (χ1n) is 9.28. The van der Waals surface area contributed by atoms with Gasteiger partial charge in [0, 0.05) is 17.6 Å². The highest BCUT2D eigenvalue weighted by Crippen LogP contribution is 2.34. The molecule has 1 aliphatic carbocycles. The number of benzene rings is 1. The number of thiazole rings is 1. The molecule has 2 heterocycles. The van der Waals surface area contributed by atoms with Crippen LogP contribution in [-0.4, -0.2) is 36.7 Å². The van der Waals surface area contributed by atoms with Gasteiger partial charge in [-0.15, -0.1) is 23.7 Å². The van der Waals surface area contributed by atoms with Crippen LogP contribution in [0.15, 0.2) is 18.2 Å². The van der Waals surface area contributed by atoms with Gasteiger partial charge < -0.3 is 10.1 Å². The van der Waals surface area contributed by atoms with E-state index in [-0.39, 0.29) is 18.3 Å². The number of aromatic nitrogens is 1. The molecular weight excluding hydrogens is 382 g/mol. The normalized spacial score (nSPS) is 17.9. The fourth-order valence-electron chi connectivity index (χ4n) is 4.00. The molecule has 1 amide bonds. The second-order valence-corrected chi connectivity index (χ2v) is 8.37. The topological polar surface area (TPSA) is 63.2 Å². The third-order valence-electron chi connectivity index (χ3n) is 5.60. The first-order valence-corrected chi connectivity index (χ1v) is 10.1. The van der Waals surface area contributed by atoms with Gasteiger partial charge in [-0.1, -0.05) is 12.1 Å². The zero-order chi connectivity index (χ0) is 18.1. The number of amides is 1. The number of carbonyl (C=O) groups excluding carboxylic acids is 1. The molecule has 0 saturated carbocycles. The molecule has 0 unspecified atom stereocenters. The molecule has 1 fully saturated rings. The lowest BCUT2D eigenvalue weighted by atomic mass is 9.91. The van der Waals surface area contributed by atoms with Crippen LogP contribution in [-0.2, 0) is 22.4 Å². The Morgan fingerprint density at radius 1 is 1.26 bits per heavy atom. The van der Waals surface area contributed by atoms with Crippen LogP contribution in [0.3, 0.4) is 0 Å². The van der Waals surface area contributed by atoms with Crippen molar-refractivity contribution in [1.29, 1.82) is 0 Å². The Hall–Kier alpha value is -1.47. The van der Waals surface area contributed by atoms with Crippen molar-refractivity contribution in [2.24, 2.45) is 0 Å². The van der Waals surface area contributed by atoms with Gasteiger partial charge in [0.25, 0.3) is 5.91 Å². The van der Waals surface area contributed by atoms with E-state index in [9.17, 15) is 4.79 Å². The summed E-state index contributed by atoms with van der Waals surface area (Å²) in [6.45, 7) is 3.64. The molecule has 1 aromatic heterocycles. The Bertz CT molecular complexity index is 831. The second kappa shape index (κ2) is 8.27. The molecule has 5 nitrogen and oxygen atoms in total. The van der Waals surface area contributed by atoms with E-state index >= 15 is 0 Å². The van der Waals surface area contributed by atoms with Crippen molar-refractivity contribution in [3.05, 3.63) is 34.2 Å². The summed E-state index contributed by atoms with van der Waals surface area (Å²) in [5.41, 5.74) is 4.26. The van der Waals surface area contributed by atoms with E-state index in [0.717, 1.165) is 35.6 Å². The largest absolute Gasteiger partial charge is 0.368 e. The summed E-state index contributed by atoms with van der Waals surface area (Å²) in [5, 5.41) is 6.93. The van der Waals surface area contributed by atoms with Crippen molar-refractivity contribution in [3.8, 4) is 11.3 Å². The van der Waals surface area contributed by atoms with Crippen LogP contribution in [0.1, 0.15) is 35.3 Å². The minimum Gasteiger partial charge on any atom is -0.368 e. The first-order chi connectivity index (χ1) is 12.6. The molecule has 7 heteroatoms. The average molecular weight is 408 g/mol. The number of piperidine rings is 1. The zero-order valence-corrected chi connectivity index (χ0v) is 17.4. The van der Waals surface area contributed by atoms with Crippen LogP contribution >= 0.6 is 23.7 Å². The molecule has 1 aromatic carbocycles. The average Bonchev–Trinajstić information content (AvgIpc) is 3.27. The van der Waals surface area contributed by atoms with Crippen molar-refractivity contribution >= 4 is 34.8 Å². The van der Waals surface area contributed by atoms with Gasteiger partial charge in [-0.2, -0.15) is 0 Å². The molecule has 2 N–H and O–H groups in total. The third kappa shape index (κ3) is 3.90. The second-order valence-electron chi connectivity index (χ2n) is 7.16. The van der Waals surface area contributed by atoms with Crippen LogP contribution in [0.4, 0.5) is 5.13 Å². The maximum atomic E-state index is 12.8. The lowest BCUT2D eigenvalue weighted by Crippen LogP contribution is -2.51. The molecule has 1 aliphatic heterocycles. The minimum atomic E-state index is -0.751. The van der Waals surface area contributed by atoms with Crippen molar-refractivity contribution < 1.29 is 9.53 Å². The quantitative estimate of drug-likeness (QED) is 0.810. The van der Waals surface area contributed by atoms with Gasteiger partial charge in [-0.3, -0.25) is 10.1 Å². The monoisotopic (exact) mass is 407 g/mol. The summed E-state index contributed by atoms with van der Waals surface area (Å²) >= 11 is 1.53. The predicted molar refractivity (Wildman–Crippen MR) is 112 cm³/mol. The number of anilines is 1. The van der Waals surface area contributed by atoms with Crippen molar-refractivity contribution in [1.82, 2.24) is 10.3 Å². The van der Waals surface area contributed by atoms with E-state index in [1.54, 1.807) is 7.11 Å². The van der Waals surface area contributed by atoms with Crippen molar-refractivity contribution in [3.63, 3.8) is 0 Å².